The zero-order valence-electron chi connectivity index (χ0n) is 13.0. The second kappa shape index (κ2) is 6.09. The second-order valence-corrected chi connectivity index (χ2v) is 6.78. The molecule has 1 amide bonds. The lowest BCUT2D eigenvalue weighted by molar-refractivity contribution is 0.0177. The molecule has 2 aliphatic rings. The van der Waals surface area contributed by atoms with Crippen molar-refractivity contribution in [1.29, 1.82) is 5.26 Å². The van der Waals surface area contributed by atoms with Gasteiger partial charge >= 0.3 is 6.09 Å². The lowest BCUT2D eigenvalue weighted by atomic mass is 9.88. The molecular weight excluding hydrogens is 287 g/mol. The van der Waals surface area contributed by atoms with Gasteiger partial charge in [0.2, 0.25) is 0 Å². The number of halogens is 1. The molecule has 1 saturated heterocycles. The van der Waals surface area contributed by atoms with Crippen LogP contribution in [-0.2, 0) is 4.74 Å². The highest BCUT2D eigenvalue weighted by Crippen LogP contribution is 2.34. The van der Waals surface area contributed by atoms with E-state index in [-0.39, 0.29) is 36.3 Å². The molecular formula is C16H21FN2O3. The van der Waals surface area contributed by atoms with Gasteiger partial charge in [-0.25, -0.2) is 9.18 Å². The van der Waals surface area contributed by atoms with Crippen LogP contribution >= 0.6 is 0 Å². The minimum Gasteiger partial charge on any atom is -0.444 e. The van der Waals surface area contributed by atoms with E-state index in [4.69, 9.17) is 10.00 Å². The molecule has 6 heteroatoms. The Kier molecular flexibility index (Phi) is 4.57. The van der Waals surface area contributed by atoms with Gasteiger partial charge in [-0.2, -0.15) is 5.26 Å². The van der Waals surface area contributed by atoms with Gasteiger partial charge in [0.1, 0.15) is 11.4 Å². The van der Waals surface area contributed by atoms with E-state index in [9.17, 15) is 14.3 Å². The summed E-state index contributed by atoms with van der Waals surface area (Å²) in [5.41, 5.74) is -0.389. The van der Waals surface area contributed by atoms with E-state index in [0.717, 1.165) is 0 Å². The van der Waals surface area contributed by atoms with Crippen LogP contribution in [0.4, 0.5) is 9.18 Å². The molecule has 22 heavy (non-hydrogen) atoms. The molecule has 1 aliphatic heterocycles. The Morgan fingerprint density at radius 2 is 2.23 bits per heavy atom. The van der Waals surface area contributed by atoms with Crippen LogP contribution in [0.5, 0.6) is 0 Å². The van der Waals surface area contributed by atoms with Gasteiger partial charge in [-0.15, -0.1) is 0 Å². The Balaban J connectivity index is 2.18. The minimum absolute atomic E-state index is 0.127. The Morgan fingerprint density at radius 3 is 2.82 bits per heavy atom. The van der Waals surface area contributed by atoms with Crippen LogP contribution in [-0.4, -0.2) is 40.4 Å². The summed E-state index contributed by atoms with van der Waals surface area (Å²) in [4.78, 5) is 13.7. The van der Waals surface area contributed by atoms with E-state index in [1.165, 1.54) is 11.0 Å². The van der Waals surface area contributed by atoms with Gasteiger partial charge in [-0.3, -0.25) is 0 Å². The summed E-state index contributed by atoms with van der Waals surface area (Å²) < 4.78 is 19.0. The molecule has 0 saturated carbocycles. The third kappa shape index (κ3) is 3.86. The maximum absolute atomic E-state index is 13.7. The molecule has 5 nitrogen and oxygen atoms in total. The second-order valence-electron chi connectivity index (χ2n) is 6.78. The van der Waals surface area contributed by atoms with E-state index in [2.05, 4.69) is 0 Å². The molecule has 1 unspecified atom stereocenters. The number of hydrogen-bond donors (Lipinski definition) is 1. The summed E-state index contributed by atoms with van der Waals surface area (Å²) in [6, 6.07) is 1.56. The average Bonchev–Trinajstić information content (AvgIpc) is 2.78. The highest BCUT2D eigenvalue weighted by Gasteiger charge is 2.41. The summed E-state index contributed by atoms with van der Waals surface area (Å²) in [5.74, 6) is -0.709. The number of aliphatic hydroxyl groups excluding tert-OH is 1. The first-order valence-corrected chi connectivity index (χ1v) is 7.35. The van der Waals surface area contributed by atoms with E-state index in [0.29, 0.717) is 6.42 Å². The number of ether oxygens (including phenoxy) is 1. The number of nitriles is 1. The molecule has 0 spiro atoms. The fraction of sp³-hybridized carbons (Fsp3) is 0.625. The SMILES string of the molecule is CC(C)(C)OC(=O)N1C[C@H](O)CC1[C@H]1C=C(C#N)C=C(F)C1. The van der Waals surface area contributed by atoms with Crippen molar-refractivity contribution >= 4 is 6.09 Å². The number of β-amino-alcohol motifs (C(OH)–C–C–N with tert-alkyl or cyclic N) is 1. The Hall–Kier alpha value is -1.87. The van der Waals surface area contributed by atoms with Crippen molar-refractivity contribution in [2.45, 2.75) is 51.4 Å². The maximum Gasteiger partial charge on any atom is 0.410 e. The monoisotopic (exact) mass is 308 g/mol. The smallest absolute Gasteiger partial charge is 0.410 e. The predicted molar refractivity (Wildman–Crippen MR) is 78.3 cm³/mol. The molecule has 0 bridgehead atoms. The largest absolute Gasteiger partial charge is 0.444 e. The molecule has 0 aromatic carbocycles. The first kappa shape index (κ1) is 16.5. The molecule has 3 atom stereocenters. The normalized spacial score (nSPS) is 28.7. The fourth-order valence-electron chi connectivity index (χ4n) is 2.89. The van der Waals surface area contributed by atoms with Crippen molar-refractivity contribution < 1.29 is 19.0 Å². The summed E-state index contributed by atoms with van der Waals surface area (Å²) in [5, 5.41) is 18.9. The van der Waals surface area contributed by atoms with Gasteiger partial charge < -0.3 is 14.7 Å². The van der Waals surface area contributed by atoms with Crippen LogP contribution in [0.15, 0.2) is 23.6 Å². The van der Waals surface area contributed by atoms with Crippen molar-refractivity contribution in [1.82, 2.24) is 4.90 Å². The van der Waals surface area contributed by atoms with Gasteiger partial charge in [0.15, 0.2) is 0 Å². The summed E-state index contributed by atoms with van der Waals surface area (Å²) in [6.45, 7) is 5.46. The van der Waals surface area contributed by atoms with Gasteiger partial charge in [0.05, 0.1) is 24.3 Å². The van der Waals surface area contributed by atoms with Crippen LogP contribution in [0.1, 0.15) is 33.6 Å². The average molecular weight is 308 g/mol. The number of allylic oxidation sites excluding steroid dienone is 3. The van der Waals surface area contributed by atoms with Gasteiger partial charge in [0.25, 0.3) is 0 Å². The number of carbonyl (C=O) groups is 1. The highest BCUT2D eigenvalue weighted by molar-refractivity contribution is 5.69. The maximum atomic E-state index is 13.7. The van der Waals surface area contributed by atoms with Gasteiger partial charge in [-0.05, 0) is 33.3 Å². The summed E-state index contributed by atoms with van der Waals surface area (Å²) in [7, 11) is 0. The Morgan fingerprint density at radius 1 is 1.55 bits per heavy atom. The van der Waals surface area contributed by atoms with Crippen molar-refractivity contribution in [2.24, 2.45) is 5.92 Å². The molecule has 0 aromatic heterocycles. The molecule has 0 radical (unpaired) electrons. The molecule has 1 N–H and O–H groups in total. The molecule has 0 aromatic rings. The van der Waals surface area contributed by atoms with Crippen LogP contribution in [0.25, 0.3) is 0 Å². The fourth-order valence-corrected chi connectivity index (χ4v) is 2.89. The number of nitrogens with zero attached hydrogens (tertiary/aromatic N) is 2. The number of hydrogen-bond acceptors (Lipinski definition) is 4. The quantitative estimate of drug-likeness (QED) is 0.808. The Labute approximate surface area is 129 Å². The Bertz CT molecular complexity index is 557. The summed E-state index contributed by atoms with van der Waals surface area (Å²) >= 11 is 0. The van der Waals surface area contributed by atoms with E-state index in [1.54, 1.807) is 26.8 Å². The zero-order valence-corrected chi connectivity index (χ0v) is 13.0. The van der Waals surface area contributed by atoms with Gasteiger partial charge in [-0.1, -0.05) is 6.08 Å². The van der Waals surface area contributed by atoms with Crippen molar-refractivity contribution in [3.05, 3.63) is 23.6 Å². The minimum atomic E-state index is -0.662. The lowest BCUT2D eigenvalue weighted by Crippen LogP contribution is -2.43. The van der Waals surface area contributed by atoms with E-state index >= 15 is 0 Å². The number of aliphatic hydroxyl groups is 1. The number of rotatable bonds is 1. The molecule has 120 valence electrons. The molecule has 1 heterocycles. The number of carbonyl (C=O) groups excluding carboxylic acids is 1. The number of amides is 1. The van der Waals surface area contributed by atoms with Crippen LogP contribution in [0.2, 0.25) is 0 Å². The molecule has 1 fully saturated rings. The number of likely N-dealkylation sites (tertiary alicyclic amines) is 1. The first-order valence-electron chi connectivity index (χ1n) is 7.35. The highest BCUT2D eigenvalue weighted by atomic mass is 19.1. The third-order valence-electron chi connectivity index (χ3n) is 3.71. The van der Waals surface area contributed by atoms with E-state index in [1.807, 2.05) is 6.07 Å². The lowest BCUT2D eigenvalue weighted by Gasteiger charge is -2.32. The topological polar surface area (TPSA) is 73.6 Å². The summed E-state index contributed by atoms with van der Waals surface area (Å²) in [6.07, 6.45) is 2.18. The van der Waals surface area contributed by atoms with Crippen molar-refractivity contribution in [3.63, 3.8) is 0 Å². The predicted octanol–water partition coefficient (Wildman–Crippen LogP) is 2.68. The zero-order chi connectivity index (χ0) is 16.5. The van der Waals surface area contributed by atoms with Crippen LogP contribution in [0.3, 0.4) is 0 Å². The first-order chi connectivity index (χ1) is 10.2. The molecule has 2 rings (SSSR count). The van der Waals surface area contributed by atoms with Crippen molar-refractivity contribution in [3.8, 4) is 6.07 Å². The standard InChI is InChI=1S/C16H21FN2O3/c1-16(2,3)22-15(21)19-9-13(20)7-14(19)11-4-10(8-18)5-12(17)6-11/h4-5,11,13-14,20H,6-7,9H2,1-3H3/t11-,13+,14?/m0/s1. The van der Waals surface area contributed by atoms with Crippen LogP contribution < -0.4 is 0 Å². The van der Waals surface area contributed by atoms with Crippen LogP contribution in [0, 0.1) is 17.2 Å². The molecule has 1 aliphatic carbocycles. The third-order valence-corrected chi connectivity index (χ3v) is 3.71. The van der Waals surface area contributed by atoms with E-state index < -0.39 is 17.8 Å². The van der Waals surface area contributed by atoms with Crippen molar-refractivity contribution in [2.75, 3.05) is 6.54 Å². The van der Waals surface area contributed by atoms with Gasteiger partial charge in [0, 0.05) is 18.4 Å².